The molecule has 0 saturated heterocycles. The molecule has 4 heteroatoms. The van der Waals surface area contributed by atoms with Gasteiger partial charge in [0.05, 0.1) is 18.4 Å². The summed E-state index contributed by atoms with van der Waals surface area (Å²) < 4.78 is 0. The molecule has 1 saturated carbocycles. The highest BCUT2D eigenvalue weighted by Gasteiger charge is 2.19. The number of hydrogen-bond acceptors (Lipinski definition) is 3. The predicted molar refractivity (Wildman–Crippen MR) is 47.2 cm³/mol. The fraction of sp³-hybridized carbons (Fsp3) is 0.667. The van der Waals surface area contributed by atoms with Gasteiger partial charge in [-0.3, -0.25) is 4.79 Å². The molecule has 1 fully saturated rings. The van der Waals surface area contributed by atoms with Gasteiger partial charge in [0.2, 0.25) is 0 Å². The fourth-order valence-electron chi connectivity index (χ4n) is 1.78. The van der Waals surface area contributed by atoms with E-state index < -0.39 is 0 Å². The van der Waals surface area contributed by atoms with Crippen LogP contribution in [-0.2, 0) is 4.79 Å². The lowest BCUT2D eigenvalue weighted by molar-refractivity contribution is -0.119. The highest BCUT2D eigenvalue weighted by atomic mass is 16.1. The van der Waals surface area contributed by atoms with E-state index in [1.54, 1.807) is 17.2 Å². The first-order valence-electron chi connectivity index (χ1n) is 4.74. The summed E-state index contributed by atoms with van der Waals surface area (Å²) in [5.74, 6) is 0.347. The van der Waals surface area contributed by atoms with Gasteiger partial charge in [-0.1, -0.05) is 6.42 Å². The number of carbonyl (C=O) groups is 1. The zero-order chi connectivity index (χ0) is 9.10. The first-order chi connectivity index (χ1) is 6.36. The minimum Gasteiger partial charge on any atom is -0.300 e. The lowest BCUT2D eigenvalue weighted by Crippen LogP contribution is -2.14. The molecule has 1 aliphatic carbocycles. The largest absolute Gasteiger partial charge is 0.300 e. The predicted octanol–water partition coefficient (Wildman–Crippen LogP) is 1.35. The van der Waals surface area contributed by atoms with Crippen molar-refractivity contribution in [3.8, 4) is 0 Å². The third-order valence-corrected chi connectivity index (χ3v) is 2.47. The molecule has 13 heavy (non-hydrogen) atoms. The van der Waals surface area contributed by atoms with E-state index in [1.165, 1.54) is 0 Å². The lowest BCUT2D eigenvalue weighted by Gasteiger charge is -2.11. The van der Waals surface area contributed by atoms with Crippen LogP contribution < -0.4 is 0 Å². The smallest absolute Gasteiger partial charge is 0.135 e. The van der Waals surface area contributed by atoms with Gasteiger partial charge in [-0.25, -0.2) is 0 Å². The first-order valence-corrected chi connectivity index (χ1v) is 4.74. The molecule has 2 rings (SSSR count). The van der Waals surface area contributed by atoms with Gasteiger partial charge >= 0.3 is 0 Å². The Morgan fingerprint density at radius 1 is 1.31 bits per heavy atom. The summed E-state index contributed by atoms with van der Waals surface area (Å²) in [5.41, 5.74) is 0. The van der Waals surface area contributed by atoms with Gasteiger partial charge in [0.25, 0.3) is 0 Å². The topological polar surface area (TPSA) is 47.8 Å². The van der Waals surface area contributed by atoms with E-state index in [1.807, 2.05) is 0 Å². The maximum Gasteiger partial charge on any atom is 0.135 e. The number of Topliss-reactive ketones (excluding diaryl/α,β-unsaturated/α-hetero) is 1. The van der Waals surface area contributed by atoms with Crippen LogP contribution >= 0.6 is 0 Å². The van der Waals surface area contributed by atoms with Crippen LogP contribution in [0.15, 0.2) is 12.4 Å². The second-order valence-electron chi connectivity index (χ2n) is 3.49. The molecule has 1 aromatic rings. The fourth-order valence-corrected chi connectivity index (χ4v) is 1.78. The van der Waals surface area contributed by atoms with Gasteiger partial charge in [-0.2, -0.15) is 15.0 Å². The van der Waals surface area contributed by atoms with Crippen molar-refractivity contribution in [2.75, 3.05) is 0 Å². The van der Waals surface area contributed by atoms with Crippen molar-refractivity contribution in [2.24, 2.45) is 0 Å². The summed E-state index contributed by atoms with van der Waals surface area (Å²) in [5, 5.41) is 8.14. The Morgan fingerprint density at radius 3 is 2.85 bits per heavy atom. The van der Waals surface area contributed by atoms with Crippen LogP contribution in [0.25, 0.3) is 0 Å². The number of hydrogen-bond donors (Lipinski definition) is 0. The molecule has 1 aromatic heterocycles. The number of ketones is 1. The van der Waals surface area contributed by atoms with Crippen LogP contribution in [0.3, 0.4) is 0 Å². The average Bonchev–Trinajstić information content (AvgIpc) is 2.56. The molecule has 0 amide bonds. The molecule has 0 aromatic carbocycles. The second kappa shape index (κ2) is 3.68. The van der Waals surface area contributed by atoms with E-state index in [0.29, 0.717) is 12.2 Å². The van der Waals surface area contributed by atoms with Crippen LogP contribution in [0.2, 0.25) is 0 Å². The molecule has 4 nitrogen and oxygen atoms in total. The molecule has 1 heterocycles. The van der Waals surface area contributed by atoms with E-state index in [-0.39, 0.29) is 6.04 Å². The molecule has 1 atom stereocenters. The van der Waals surface area contributed by atoms with Gasteiger partial charge in [-0.05, 0) is 12.8 Å². The van der Waals surface area contributed by atoms with Crippen molar-refractivity contribution < 1.29 is 4.79 Å². The maximum atomic E-state index is 11.3. The Hall–Kier alpha value is -1.19. The molecule has 0 radical (unpaired) electrons. The monoisotopic (exact) mass is 179 g/mol. The molecule has 0 bridgehead atoms. The highest BCUT2D eigenvalue weighted by Crippen LogP contribution is 2.23. The van der Waals surface area contributed by atoms with Gasteiger partial charge in [0.1, 0.15) is 5.78 Å². The molecule has 0 N–H and O–H groups in total. The number of carbonyl (C=O) groups excluding carboxylic acids is 1. The third kappa shape index (κ3) is 1.94. The van der Waals surface area contributed by atoms with Crippen LogP contribution in [0.1, 0.15) is 38.1 Å². The summed E-state index contributed by atoms with van der Waals surface area (Å²) in [6, 6.07) is 0.199. The molecule has 1 unspecified atom stereocenters. The Labute approximate surface area is 76.9 Å². The van der Waals surface area contributed by atoms with Gasteiger partial charge in [-0.15, -0.1) is 0 Å². The van der Waals surface area contributed by atoms with E-state index in [2.05, 4.69) is 10.2 Å². The zero-order valence-corrected chi connectivity index (χ0v) is 7.52. The summed E-state index contributed by atoms with van der Waals surface area (Å²) in [6.07, 6.45) is 7.83. The minimum absolute atomic E-state index is 0.199. The minimum atomic E-state index is 0.199. The molecule has 0 spiro atoms. The third-order valence-electron chi connectivity index (χ3n) is 2.47. The van der Waals surface area contributed by atoms with Crippen LogP contribution in [0.4, 0.5) is 0 Å². The average molecular weight is 179 g/mol. The zero-order valence-electron chi connectivity index (χ0n) is 7.52. The number of nitrogens with zero attached hydrogens (tertiary/aromatic N) is 3. The molecule has 1 aliphatic rings. The van der Waals surface area contributed by atoms with Crippen LogP contribution in [0.5, 0.6) is 0 Å². The summed E-state index contributed by atoms with van der Waals surface area (Å²) in [6.45, 7) is 0. The molecule has 70 valence electrons. The Morgan fingerprint density at radius 2 is 2.08 bits per heavy atom. The van der Waals surface area contributed by atoms with Crippen molar-refractivity contribution in [2.45, 2.75) is 38.1 Å². The lowest BCUT2D eigenvalue weighted by atomic mass is 10.1. The number of aromatic nitrogens is 3. The van der Waals surface area contributed by atoms with Gasteiger partial charge < -0.3 is 0 Å². The summed E-state index contributed by atoms with van der Waals surface area (Å²) in [4.78, 5) is 13.0. The van der Waals surface area contributed by atoms with E-state index in [4.69, 9.17) is 0 Å². The summed E-state index contributed by atoms with van der Waals surface area (Å²) in [7, 11) is 0. The van der Waals surface area contributed by atoms with Gasteiger partial charge in [0, 0.05) is 12.8 Å². The normalized spacial score (nSPS) is 24.3. The van der Waals surface area contributed by atoms with Gasteiger partial charge in [0.15, 0.2) is 0 Å². The molecular weight excluding hydrogens is 166 g/mol. The second-order valence-corrected chi connectivity index (χ2v) is 3.49. The molecular formula is C9H13N3O. The maximum absolute atomic E-state index is 11.3. The van der Waals surface area contributed by atoms with Crippen molar-refractivity contribution in [1.82, 2.24) is 15.0 Å². The summed E-state index contributed by atoms with van der Waals surface area (Å²) >= 11 is 0. The quantitative estimate of drug-likeness (QED) is 0.611. The standard InChI is InChI=1S/C9H13N3O/c13-9-4-2-1-3-8(7-9)12-10-5-6-11-12/h5-6,8H,1-4,7H2. The van der Waals surface area contributed by atoms with E-state index in [0.717, 1.165) is 25.7 Å². The first kappa shape index (κ1) is 8.41. The van der Waals surface area contributed by atoms with Crippen molar-refractivity contribution in [3.63, 3.8) is 0 Å². The van der Waals surface area contributed by atoms with E-state index >= 15 is 0 Å². The Kier molecular flexibility index (Phi) is 2.38. The highest BCUT2D eigenvalue weighted by molar-refractivity contribution is 5.78. The Bertz CT molecular complexity index is 281. The number of rotatable bonds is 1. The van der Waals surface area contributed by atoms with E-state index in [9.17, 15) is 4.79 Å². The van der Waals surface area contributed by atoms with Crippen molar-refractivity contribution >= 4 is 5.78 Å². The molecule has 0 aliphatic heterocycles. The SMILES string of the molecule is O=C1CCCCC(n2nccn2)C1. The van der Waals surface area contributed by atoms with Crippen LogP contribution in [0, 0.1) is 0 Å². The Balaban J connectivity index is 2.09. The van der Waals surface area contributed by atoms with Crippen LogP contribution in [-0.4, -0.2) is 20.8 Å². The van der Waals surface area contributed by atoms with Crippen molar-refractivity contribution in [1.29, 1.82) is 0 Å². The van der Waals surface area contributed by atoms with Crippen molar-refractivity contribution in [3.05, 3.63) is 12.4 Å².